The Hall–Kier alpha value is -1.74. The topological polar surface area (TPSA) is 92.5 Å². The molecule has 1 aromatic carbocycles. The van der Waals surface area contributed by atoms with Gasteiger partial charge in [0.1, 0.15) is 4.21 Å². The molecule has 0 bridgehead atoms. The monoisotopic (exact) mass is 395 g/mol. The average Bonchev–Trinajstić information content (AvgIpc) is 2.97. The Morgan fingerprint density at radius 1 is 1.27 bits per heavy atom. The van der Waals surface area contributed by atoms with Crippen LogP contribution in [0.25, 0.3) is 0 Å². The molecule has 0 aliphatic heterocycles. The molecule has 0 aliphatic rings. The highest BCUT2D eigenvalue weighted by Gasteiger charge is 2.21. The number of likely N-dealkylation sites (N-methyl/N-ethyl adjacent to an activating group) is 1. The van der Waals surface area contributed by atoms with Crippen molar-refractivity contribution in [1.82, 2.24) is 10.2 Å². The first-order valence-corrected chi connectivity index (χ1v) is 10.7. The van der Waals surface area contributed by atoms with Crippen LogP contribution in [-0.4, -0.2) is 39.9 Å². The molecule has 0 unspecified atom stereocenters. The van der Waals surface area contributed by atoms with Crippen LogP contribution in [0, 0.1) is 6.92 Å². The molecule has 26 heavy (non-hydrogen) atoms. The molecule has 3 N–H and O–H groups in total. The summed E-state index contributed by atoms with van der Waals surface area (Å²) in [7, 11) is 0.115. The Kier molecular flexibility index (Phi) is 6.57. The van der Waals surface area contributed by atoms with Crippen LogP contribution in [0.15, 0.2) is 34.5 Å². The van der Waals surface area contributed by atoms with Gasteiger partial charge in [-0.2, -0.15) is 0 Å². The maximum absolute atomic E-state index is 12.5. The van der Waals surface area contributed by atoms with E-state index in [0.717, 1.165) is 23.3 Å². The van der Waals surface area contributed by atoms with Crippen molar-refractivity contribution in [2.75, 3.05) is 20.6 Å². The lowest BCUT2D eigenvalue weighted by molar-refractivity contribution is 0.0945. The van der Waals surface area contributed by atoms with Gasteiger partial charge in [0.25, 0.3) is 5.91 Å². The molecule has 2 rings (SSSR count). The van der Waals surface area contributed by atoms with E-state index in [1.165, 1.54) is 11.6 Å². The second-order valence-electron chi connectivity index (χ2n) is 6.41. The largest absolute Gasteiger partial charge is 0.349 e. The Morgan fingerprint density at radius 3 is 2.35 bits per heavy atom. The second kappa shape index (κ2) is 8.30. The number of aryl methyl sites for hydroxylation is 2. The Bertz CT molecular complexity index is 872. The highest BCUT2D eigenvalue weighted by molar-refractivity contribution is 7.91. The predicted octanol–water partition coefficient (Wildman–Crippen LogP) is 2.30. The normalized spacial score (nSPS) is 13.0. The van der Waals surface area contributed by atoms with Crippen molar-refractivity contribution in [3.63, 3.8) is 0 Å². The average molecular weight is 396 g/mol. The zero-order valence-corrected chi connectivity index (χ0v) is 17.1. The summed E-state index contributed by atoms with van der Waals surface area (Å²) in [6.07, 6.45) is 0.980. The first-order valence-electron chi connectivity index (χ1n) is 8.30. The highest BCUT2D eigenvalue weighted by Crippen LogP contribution is 2.25. The fourth-order valence-electron chi connectivity index (χ4n) is 2.66. The van der Waals surface area contributed by atoms with E-state index < -0.39 is 10.0 Å². The van der Waals surface area contributed by atoms with Gasteiger partial charge < -0.3 is 10.2 Å². The van der Waals surface area contributed by atoms with Crippen molar-refractivity contribution in [1.29, 1.82) is 0 Å². The van der Waals surface area contributed by atoms with E-state index in [9.17, 15) is 13.2 Å². The van der Waals surface area contributed by atoms with E-state index in [2.05, 4.69) is 36.5 Å². The third-order valence-corrected chi connectivity index (χ3v) is 6.89. The van der Waals surface area contributed by atoms with Crippen LogP contribution in [-0.2, 0) is 16.4 Å². The van der Waals surface area contributed by atoms with Gasteiger partial charge in [-0.05, 0) is 50.2 Å². The molecule has 1 amide bonds. The summed E-state index contributed by atoms with van der Waals surface area (Å²) in [6, 6.07) is 9.78. The minimum absolute atomic E-state index is 0.000496. The maximum Gasteiger partial charge on any atom is 0.261 e. The van der Waals surface area contributed by atoms with Crippen molar-refractivity contribution in [3.8, 4) is 0 Å². The number of primary sulfonamides is 1. The lowest BCUT2D eigenvalue weighted by Crippen LogP contribution is -2.34. The summed E-state index contributed by atoms with van der Waals surface area (Å²) in [6.45, 7) is 4.23. The number of benzene rings is 1. The fourth-order valence-corrected chi connectivity index (χ4v) is 4.54. The standard InChI is InChI=1S/C18H25N3O3S2/c1-5-13-6-8-14(9-7-13)15(21(3)4)11-20-18(22)17-12(2)10-16(25-17)26(19,23)24/h6-10,15H,5,11H2,1-4H3,(H,20,22)(H2,19,23,24)/t15-/m1/s1. The molecule has 0 aliphatic carbocycles. The van der Waals surface area contributed by atoms with Gasteiger partial charge in [0, 0.05) is 6.54 Å². The van der Waals surface area contributed by atoms with Crippen molar-refractivity contribution in [2.45, 2.75) is 30.5 Å². The third kappa shape index (κ3) is 4.91. The SMILES string of the molecule is CCc1ccc([C@@H](CNC(=O)c2sc(S(N)(=O)=O)cc2C)N(C)C)cc1. The fraction of sp³-hybridized carbons (Fsp3) is 0.389. The lowest BCUT2D eigenvalue weighted by Gasteiger charge is -2.25. The van der Waals surface area contributed by atoms with Crippen LogP contribution < -0.4 is 10.5 Å². The van der Waals surface area contributed by atoms with Crippen LogP contribution in [0.1, 0.15) is 39.3 Å². The van der Waals surface area contributed by atoms with Crippen LogP contribution in [0.3, 0.4) is 0 Å². The number of hydrogen-bond acceptors (Lipinski definition) is 5. The number of hydrogen-bond donors (Lipinski definition) is 2. The lowest BCUT2D eigenvalue weighted by atomic mass is 10.0. The van der Waals surface area contributed by atoms with Crippen LogP contribution in [0.2, 0.25) is 0 Å². The highest BCUT2D eigenvalue weighted by atomic mass is 32.2. The van der Waals surface area contributed by atoms with Crippen molar-refractivity contribution < 1.29 is 13.2 Å². The minimum atomic E-state index is -3.80. The van der Waals surface area contributed by atoms with E-state index in [1.807, 2.05) is 19.0 Å². The van der Waals surface area contributed by atoms with Gasteiger partial charge >= 0.3 is 0 Å². The van der Waals surface area contributed by atoms with Gasteiger partial charge in [-0.1, -0.05) is 31.2 Å². The van der Waals surface area contributed by atoms with E-state index >= 15 is 0 Å². The predicted molar refractivity (Wildman–Crippen MR) is 105 cm³/mol. The molecule has 0 saturated heterocycles. The Morgan fingerprint density at radius 2 is 1.88 bits per heavy atom. The van der Waals surface area contributed by atoms with Crippen LogP contribution in [0.5, 0.6) is 0 Å². The summed E-state index contributed by atoms with van der Waals surface area (Å²) < 4.78 is 22.9. The number of sulfonamides is 1. The molecular formula is C18H25N3O3S2. The number of carbonyl (C=O) groups excluding carboxylic acids is 1. The third-order valence-electron chi connectivity index (χ3n) is 4.23. The first-order chi connectivity index (χ1) is 12.1. The van der Waals surface area contributed by atoms with Gasteiger partial charge in [0.15, 0.2) is 0 Å². The molecule has 8 heteroatoms. The molecule has 2 aromatic rings. The Balaban J connectivity index is 2.13. The number of amides is 1. The van der Waals surface area contributed by atoms with Gasteiger partial charge in [0.2, 0.25) is 10.0 Å². The number of nitrogens with one attached hydrogen (secondary N) is 1. The molecule has 1 aromatic heterocycles. The van der Waals surface area contributed by atoms with Crippen LogP contribution in [0.4, 0.5) is 0 Å². The number of thiophene rings is 1. The second-order valence-corrected chi connectivity index (χ2v) is 9.25. The molecule has 0 spiro atoms. The van der Waals surface area contributed by atoms with Crippen molar-refractivity contribution >= 4 is 27.3 Å². The summed E-state index contributed by atoms with van der Waals surface area (Å²) in [5.74, 6) is -0.292. The van der Waals surface area contributed by atoms with Gasteiger partial charge in [0.05, 0.1) is 10.9 Å². The molecule has 6 nitrogen and oxygen atoms in total. The zero-order valence-electron chi connectivity index (χ0n) is 15.4. The smallest absolute Gasteiger partial charge is 0.261 e. The van der Waals surface area contributed by atoms with E-state index in [-0.39, 0.29) is 16.2 Å². The molecule has 1 atom stereocenters. The molecule has 142 valence electrons. The quantitative estimate of drug-likeness (QED) is 0.752. The van der Waals surface area contributed by atoms with E-state index in [4.69, 9.17) is 5.14 Å². The van der Waals surface area contributed by atoms with Crippen LogP contribution >= 0.6 is 11.3 Å². The zero-order chi connectivity index (χ0) is 19.5. The maximum atomic E-state index is 12.5. The molecular weight excluding hydrogens is 370 g/mol. The summed E-state index contributed by atoms with van der Waals surface area (Å²) in [4.78, 5) is 14.9. The van der Waals surface area contributed by atoms with E-state index in [0.29, 0.717) is 17.0 Å². The first kappa shape index (κ1) is 20.6. The molecule has 0 fully saturated rings. The van der Waals surface area contributed by atoms with Gasteiger partial charge in [-0.3, -0.25) is 4.79 Å². The summed E-state index contributed by atoms with van der Waals surface area (Å²) in [5.41, 5.74) is 2.98. The number of rotatable bonds is 7. The molecule has 1 heterocycles. The van der Waals surface area contributed by atoms with Crippen molar-refractivity contribution in [2.24, 2.45) is 5.14 Å². The summed E-state index contributed by atoms with van der Waals surface area (Å²) >= 11 is 0.897. The number of nitrogens with two attached hydrogens (primary N) is 1. The minimum Gasteiger partial charge on any atom is -0.349 e. The van der Waals surface area contributed by atoms with Gasteiger partial charge in [-0.25, -0.2) is 13.6 Å². The van der Waals surface area contributed by atoms with Crippen molar-refractivity contribution in [3.05, 3.63) is 51.9 Å². The van der Waals surface area contributed by atoms with E-state index in [1.54, 1.807) is 6.92 Å². The number of nitrogens with zero attached hydrogens (tertiary/aromatic N) is 1. The number of carbonyl (C=O) groups is 1. The van der Waals surface area contributed by atoms with Gasteiger partial charge in [-0.15, -0.1) is 11.3 Å². The Labute approximate surface area is 159 Å². The summed E-state index contributed by atoms with van der Waals surface area (Å²) in [5, 5.41) is 8.05. The molecule has 0 radical (unpaired) electrons. The molecule has 0 saturated carbocycles.